The summed E-state index contributed by atoms with van der Waals surface area (Å²) in [5.41, 5.74) is 0.373. The molecule has 1 aromatic carbocycles. The molecule has 1 aromatic rings. The number of phenolic OH excluding ortho intramolecular Hbond substituents is 1. The molecule has 6 heteroatoms. The maximum Gasteiger partial charge on any atom is 0.257 e. The lowest BCUT2D eigenvalue weighted by Crippen LogP contribution is -2.62. The Morgan fingerprint density at radius 2 is 1.95 bits per heavy atom. The Kier molecular flexibility index (Phi) is 3.96. The first-order valence-electron chi connectivity index (χ1n) is 6.88. The highest BCUT2D eigenvalue weighted by Crippen LogP contribution is 2.24. The zero-order valence-corrected chi connectivity index (χ0v) is 12.8. The highest BCUT2D eigenvalue weighted by Gasteiger charge is 2.30. The van der Waals surface area contributed by atoms with Gasteiger partial charge < -0.3 is 15.3 Å². The Morgan fingerprint density at radius 3 is 2.55 bits per heavy atom. The number of carbonyl (C=O) groups excluding carboxylic acids is 1. The van der Waals surface area contributed by atoms with Crippen molar-refractivity contribution < 1.29 is 9.90 Å². The van der Waals surface area contributed by atoms with Crippen LogP contribution in [-0.2, 0) is 0 Å². The summed E-state index contributed by atoms with van der Waals surface area (Å²) in [5.74, 6) is -0.0426. The van der Waals surface area contributed by atoms with E-state index in [-0.39, 0.29) is 11.7 Å². The van der Waals surface area contributed by atoms with E-state index in [1.807, 2.05) is 4.90 Å². The van der Waals surface area contributed by atoms with E-state index in [0.29, 0.717) is 11.6 Å². The van der Waals surface area contributed by atoms with Crippen LogP contribution in [0.1, 0.15) is 10.4 Å². The normalized spacial score (nSPS) is 20.8. The van der Waals surface area contributed by atoms with Gasteiger partial charge in [-0.15, -0.1) is 0 Å². The van der Waals surface area contributed by atoms with E-state index in [1.54, 1.807) is 18.2 Å². The molecule has 0 aliphatic carbocycles. The molecule has 20 heavy (non-hydrogen) atoms. The lowest BCUT2D eigenvalue weighted by Gasteiger charge is -2.43. The lowest BCUT2D eigenvalue weighted by atomic mass is 10.1. The molecule has 0 bridgehead atoms. The van der Waals surface area contributed by atoms with Crippen LogP contribution in [0.25, 0.3) is 0 Å². The van der Waals surface area contributed by atoms with Crippen molar-refractivity contribution in [2.75, 3.05) is 39.3 Å². The molecule has 2 heterocycles. The second kappa shape index (κ2) is 5.71. The minimum absolute atomic E-state index is 0.0452. The summed E-state index contributed by atoms with van der Waals surface area (Å²) in [6, 6.07) is 5.59. The number of halogens is 1. The van der Waals surface area contributed by atoms with Crippen molar-refractivity contribution in [1.82, 2.24) is 15.1 Å². The van der Waals surface area contributed by atoms with Gasteiger partial charge in [-0.2, -0.15) is 0 Å². The summed E-state index contributed by atoms with van der Waals surface area (Å²) in [6.07, 6.45) is 0. The first kappa shape index (κ1) is 13.9. The Balaban J connectivity index is 1.65. The lowest BCUT2D eigenvalue weighted by molar-refractivity contribution is 0.0499. The van der Waals surface area contributed by atoms with Gasteiger partial charge in [-0.3, -0.25) is 9.69 Å². The number of phenols is 1. The molecule has 2 N–H and O–H groups in total. The minimum atomic E-state index is -0.0878. The highest BCUT2D eigenvalue weighted by atomic mass is 79.9. The molecule has 108 valence electrons. The quantitative estimate of drug-likeness (QED) is 0.840. The van der Waals surface area contributed by atoms with Crippen LogP contribution in [0.15, 0.2) is 22.7 Å². The molecule has 0 radical (unpaired) electrons. The fourth-order valence-electron chi connectivity index (χ4n) is 2.67. The van der Waals surface area contributed by atoms with Crippen molar-refractivity contribution in [2.24, 2.45) is 0 Å². The Labute approximate surface area is 126 Å². The number of hydrogen-bond donors (Lipinski definition) is 2. The molecule has 2 saturated heterocycles. The van der Waals surface area contributed by atoms with Crippen LogP contribution in [0.2, 0.25) is 0 Å². The summed E-state index contributed by atoms with van der Waals surface area (Å²) < 4.78 is 0.804. The molecule has 0 unspecified atom stereocenters. The van der Waals surface area contributed by atoms with Gasteiger partial charge in [0.25, 0.3) is 5.91 Å². The highest BCUT2D eigenvalue weighted by molar-refractivity contribution is 9.10. The average molecular weight is 340 g/mol. The van der Waals surface area contributed by atoms with Crippen molar-refractivity contribution in [3.63, 3.8) is 0 Å². The maximum atomic E-state index is 12.4. The molecule has 0 saturated carbocycles. The standard InChI is InChI=1S/C14H18BrN3O2/c15-10-1-2-13(19)12(7-10)14(20)18-5-3-17(4-6-18)11-8-16-9-11/h1-2,7,11,16,19H,3-6,8-9H2. The van der Waals surface area contributed by atoms with E-state index in [9.17, 15) is 9.90 Å². The molecule has 1 amide bonds. The largest absolute Gasteiger partial charge is 0.507 e. The van der Waals surface area contributed by atoms with E-state index in [4.69, 9.17) is 0 Å². The Hall–Kier alpha value is -1.11. The number of hydrogen-bond acceptors (Lipinski definition) is 4. The van der Waals surface area contributed by atoms with Gasteiger partial charge in [0.1, 0.15) is 5.75 Å². The van der Waals surface area contributed by atoms with Crippen molar-refractivity contribution in [3.05, 3.63) is 28.2 Å². The number of benzene rings is 1. The van der Waals surface area contributed by atoms with E-state index >= 15 is 0 Å². The van der Waals surface area contributed by atoms with Crippen LogP contribution < -0.4 is 5.32 Å². The third-order valence-corrected chi connectivity index (χ3v) is 4.56. The second-order valence-electron chi connectivity index (χ2n) is 5.30. The number of carbonyl (C=O) groups is 1. The number of nitrogens with zero attached hydrogens (tertiary/aromatic N) is 2. The number of amides is 1. The zero-order valence-electron chi connectivity index (χ0n) is 11.2. The van der Waals surface area contributed by atoms with Crippen LogP contribution in [-0.4, -0.2) is 66.1 Å². The third-order valence-electron chi connectivity index (χ3n) is 4.07. The minimum Gasteiger partial charge on any atom is -0.507 e. The first-order chi connectivity index (χ1) is 9.65. The predicted molar refractivity (Wildman–Crippen MR) is 79.9 cm³/mol. The predicted octanol–water partition coefficient (Wildman–Crippen LogP) is 0.884. The Bertz CT molecular complexity index is 511. The van der Waals surface area contributed by atoms with Gasteiger partial charge >= 0.3 is 0 Å². The van der Waals surface area contributed by atoms with Crippen LogP contribution >= 0.6 is 15.9 Å². The van der Waals surface area contributed by atoms with Crippen LogP contribution in [0.4, 0.5) is 0 Å². The maximum absolute atomic E-state index is 12.4. The summed E-state index contributed by atoms with van der Waals surface area (Å²) in [4.78, 5) is 16.7. The topological polar surface area (TPSA) is 55.8 Å². The molecule has 2 aliphatic rings. The van der Waals surface area contributed by atoms with Gasteiger partial charge in [-0.05, 0) is 18.2 Å². The van der Waals surface area contributed by atoms with Gasteiger partial charge in [0.05, 0.1) is 5.56 Å². The van der Waals surface area contributed by atoms with E-state index in [0.717, 1.165) is 43.7 Å². The number of piperazine rings is 1. The third kappa shape index (κ3) is 2.68. The van der Waals surface area contributed by atoms with Gasteiger partial charge in [0.2, 0.25) is 0 Å². The SMILES string of the molecule is O=C(c1cc(Br)ccc1O)N1CCN(C2CNC2)CC1. The van der Waals surface area contributed by atoms with E-state index in [2.05, 4.69) is 26.1 Å². The fourth-order valence-corrected chi connectivity index (χ4v) is 3.03. The van der Waals surface area contributed by atoms with Crippen LogP contribution in [0, 0.1) is 0 Å². The van der Waals surface area contributed by atoms with E-state index < -0.39 is 0 Å². The van der Waals surface area contributed by atoms with Gasteiger partial charge in [0.15, 0.2) is 0 Å². The molecular formula is C14H18BrN3O2. The second-order valence-corrected chi connectivity index (χ2v) is 6.22. The monoisotopic (exact) mass is 339 g/mol. The molecule has 5 nitrogen and oxygen atoms in total. The summed E-state index contributed by atoms with van der Waals surface area (Å²) >= 11 is 3.34. The fraction of sp³-hybridized carbons (Fsp3) is 0.500. The summed E-state index contributed by atoms with van der Waals surface area (Å²) in [5, 5.41) is 13.1. The van der Waals surface area contributed by atoms with Gasteiger partial charge in [-0.25, -0.2) is 0 Å². The van der Waals surface area contributed by atoms with Crippen molar-refractivity contribution in [3.8, 4) is 5.75 Å². The number of rotatable bonds is 2. The van der Waals surface area contributed by atoms with Crippen molar-refractivity contribution in [1.29, 1.82) is 0 Å². The van der Waals surface area contributed by atoms with E-state index in [1.165, 1.54) is 0 Å². The number of aromatic hydroxyl groups is 1. The van der Waals surface area contributed by atoms with Gasteiger partial charge in [-0.1, -0.05) is 15.9 Å². The number of nitrogens with one attached hydrogen (secondary N) is 1. The summed E-state index contributed by atoms with van der Waals surface area (Å²) in [6.45, 7) is 5.38. The molecule has 3 rings (SSSR count). The zero-order chi connectivity index (χ0) is 14.1. The Morgan fingerprint density at radius 1 is 1.25 bits per heavy atom. The molecule has 0 spiro atoms. The van der Waals surface area contributed by atoms with Crippen molar-refractivity contribution in [2.45, 2.75) is 6.04 Å². The smallest absolute Gasteiger partial charge is 0.257 e. The molecule has 0 atom stereocenters. The average Bonchev–Trinajstić information content (AvgIpc) is 2.40. The molecule has 2 aliphatic heterocycles. The van der Waals surface area contributed by atoms with Gasteiger partial charge in [0, 0.05) is 49.8 Å². The molecule has 0 aromatic heterocycles. The van der Waals surface area contributed by atoms with Crippen LogP contribution in [0.3, 0.4) is 0 Å². The molecule has 2 fully saturated rings. The molecular weight excluding hydrogens is 322 g/mol. The summed E-state index contributed by atoms with van der Waals surface area (Å²) in [7, 11) is 0. The first-order valence-corrected chi connectivity index (χ1v) is 7.67. The van der Waals surface area contributed by atoms with Crippen molar-refractivity contribution >= 4 is 21.8 Å². The van der Waals surface area contributed by atoms with Crippen LogP contribution in [0.5, 0.6) is 5.75 Å².